The Bertz CT molecular complexity index is 934. The molecule has 3 aromatic rings. The van der Waals surface area contributed by atoms with Crippen LogP contribution in [0.1, 0.15) is 5.69 Å². The van der Waals surface area contributed by atoms with E-state index in [4.69, 9.17) is 22.7 Å². The Morgan fingerprint density at radius 2 is 1.88 bits per heavy atom. The van der Waals surface area contributed by atoms with Gasteiger partial charge >= 0.3 is 0 Å². The number of ether oxygens (including phenoxy) is 1. The molecule has 0 radical (unpaired) electrons. The zero-order chi connectivity index (χ0) is 17.8. The Morgan fingerprint density at radius 3 is 2.56 bits per heavy atom. The van der Waals surface area contributed by atoms with E-state index >= 15 is 0 Å². The lowest BCUT2D eigenvalue weighted by Crippen LogP contribution is -2.21. The number of hydrogen-bond acceptors (Lipinski definition) is 5. The summed E-state index contributed by atoms with van der Waals surface area (Å²) in [5, 5.41) is 13.3. The first-order valence-electron chi connectivity index (χ1n) is 7.61. The average molecular weight is 351 g/mol. The Morgan fingerprint density at radius 1 is 1.12 bits per heavy atom. The van der Waals surface area contributed by atoms with E-state index in [9.17, 15) is 0 Å². The van der Waals surface area contributed by atoms with Crippen LogP contribution in [0.4, 0.5) is 11.4 Å². The van der Waals surface area contributed by atoms with E-state index in [0.29, 0.717) is 17.1 Å². The third-order valence-corrected chi connectivity index (χ3v) is 3.78. The predicted octanol–water partition coefficient (Wildman–Crippen LogP) is 4.37. The lowest BCUT2D eigenvalue weighted by Gasteiger charge is -2.05. The van der Waals surface area contributed by atoms with Crippen molar-refractivity contribution in [1.82, 2.24) is 9.78 Å². The van der Waals surface area contributed by atoms with E-state index in [1.807, 2.05) is 55.5 Å². The van der Waals surface area contributed by atoms with E-state index in [0.717, 1.165) is 17.0 Å². The standard InChI is InChI=1S/C18H17N5OS/c1-12-16(21-20-14-9-6-10-15(11-14)24-2)17(23(22-12)18(19)25)13-7-4-3-5-8-13/h3-11H,1-2H3,(H2,19,25). The summed E-state index contributed by atoms with van der Waals surface area (Å²) in [7, 11) is 1.61. The molecule has 0 spiro atoms. The third kappa shape index (κ3) is 3.56. The minimum absolute atomic E-state index is 0.157. The first-order valence-corrected chi connectivity index (χ1v) is 8.01. The number of benzene rings is 2. The first-order chi connectivity index (χ1) is 12.1. The highest BCUT2D eigenvalue weighted by Gasteiger charge is 2.18. The zero-order valence-electron chi connectivity index (χ0n) is 13.9. The van der Waals surface area contributed by atoms with Crippen LogP contribution >= 0.6 is 12.2 Å². The molecular weight excluding hydrogens is 334 g/mol. The molecule has 0 aliphatic carbocycles. The molecule has 126 valence electrons. The van der Waals surface area contributed by atoms with Crippen molar-refractivity contribution in [2.75, 3.05) is 7.11 Å². The van der Waals surface area contributed by atoms with Gasteiger partial charge in [0.05, 0.1) is 18.5 Å². The maximum absolute atomic E-state index is 5.82. The van der Waals surface area contributed by atoms with Gasteiger partial charge in [-0.2, -0.15) is 10.2 Å². The molecule has 3 rings (SSSR count). The van der Waals surface area contributed by atoms with Gasteiger partial charge in [-0.05, 0) is 31.3 Å². The summed E-state index contributed by atoms with van der Waals surface area (Å²) in [5.74, 6) is 0.718. The molecule has 0 atom stereocenters. The van der Waals surface area contributed by atoms with Crippen LogP contribution in [-0.2, 0) is 0 Å². The van der Waals surface area contributed by atoms with Gasteiger partial charge in [-0.25, -0.2) is 4.68 Å². The molecule has 25 heavy (non-hydrogen) atoms. The molecule has 0 saturated carbocycles. The van der Waals surface area contributed by atoms with Crippen molar-refractivity contribution < 1.29 is 4.74 Å². The molecule has 0 saturated heterocycles. The Labute approximate surface area is 151 Å². The Kier molecular flexibility index (Phi) is 4.85. The number of rotatable bonds is 4. The van der Waals surface area contributed by atoms with Crippen molar-refractivity contribution in [1.29, 1.82) is 0 Å². The second kappa shape index (κ2) is 7.23. The van der Waals surface area contributed by atoms with E-state index in [1.165, 1.54) is 4.68 Å². The fraction of sp³-hybridized carbons (Fsp3) is 0.111. The molecule has 0 bridgehead atoms. The predicted molar refractivity (Wildman–Crippen MR) is 102 cm³/mol. The third-order valence-electron chi connectivity index (χ3n) is 3.60. The van der Waals surface area contributed by atoms with Crippen molar-refractivity contribution in [3.63, 3.8) is 0 Å². The monoisotopic (exact) mass is 351 g/mol. The summed E-state index contributed by atoms with van der Waals surface area (Å²) in [6.45, 7) is 1.85. The molecule has 2 aromatic carbocycles. The van der Waals surface area contributed by atoms with Gasteiger partial charge in [-0.15, -0.1) is 5.11 Å². The van der Waals surface area contributed by atoms with Crippen LogP contribution in [0.15, 0.2) is 64.8 Å². The van der Waals surface area contributed by atoms with Crippen molar-refractivity contribution in [2.45, 2.75) is 6.92 Å². The van der Waals surface area contributed by atoms with Crippen LogP contribution < -0.4 is 10.5 Å². The number of nitrogens with two attached hydrogens (primary N) is 1. The van der Waals surface area contributed by atoms with Gasteiger partial charge in [0, 0.05) is 11.6 Å². The van der Waals surface area contributed by atoms with Gasteiger partial charge in [0.15, 0.2) is 5.11 Å². The Hall–Kier alpha value is -3.06. The summed E-state index contributed by atoms with van der Waals surface area (Å²) < 4.78 is 6.72. The highest BCUT2D eigenvalue weighted by atomic mass is 32.1. The maximum atomic E-state index is 5.82. The molecule has 1 aromatic heterocycles. The lowest BCUT2D eigenvalue weighted by molar-refractivity contribution is 0.415. The largest absolute Gasteiger partial charge is 0.497 e. The maximum Gasteiger partial charge on any atom is 0.191 e. The van der Waals surface area contributed by atoms with Gasteiger partial charge in [0.1, 0.15) is 17.1 Å². The number of methoxy groups -OCH3 is 1. The van der Waals surface area contributed by atoms with Crippen molar-refractivity contribution in [2.24, 2.45) is 16.0 Å². The number of aromatic nitrogens is 2. The zero-order valence-corrected chi connectivity index (χ0v) is 14.7. The van der Waals surface area contributed by atoms with E-state index in [2.05, 4.69) is 15.3 Å². The topological polar surface area (TPSA) is 77.8 Å². The van der Waals surface area contributed by atoms with Gasteiger partial charge < -0.3 is 10.5 Å². The fourth-order valence-corrected chi connectivity index (χ4v) is 2.57. The molecular formula is C18H17N5OS. The molecule has 0 aliphatic heterocycles. The minimum atomic E-state index is 0.157. The van der Waals surface area contributed by atoms with Crippen LogP contribution in [0.25, 0.3) is 11.3 Å². The van der Waals surface area contributed by atoms with E-state index < -0.39 is 0 Å². The number of hydrogen-bond donors (Lipinski definition) is 1. The molecule has 0 unspecified atom stereocenters. The molecule has 2 N–H and O–H groups in total. The normalized spacial score (nSPS) is 11.0. The van der Waals surface area contributed by atoms with Crippen LogP contribution in [0.3, 0.4) is 0 Å². The fourth-order valence-electron chi connectivity index (χ4n) is 2.43. The number of aryl methyl sites for hydroxylation is 1. The summed E-state index contributed by atoms with van der Waals surface area (Å²) in [4.78, 5) is 0. The molecule has 0 amide bonds. The van der Waals surface area contributed by atoms with E-state index in [-0.39, 0.29) is 5.11 Å². The summed E-state index contributed by atoms with van der Waals surface area (Å²) in [6, 6.07) is 17.1. The smallest absolute Gasteiger partial charge is 0.191 e. The number of thiocarbonyl (C=S) groups is 1. The second-order valence-corrected chi connectivity index (χ2v) is 5.72. The minimum Gasteiger partial charge on any atom is -0.497 e. The lowest BCUT2D eigenvalue weighted by atomic mass is 10.1. The second-order valence-electron chi connectivity index (χ2n) is 5.30. The van der Waals surface area contributed by atoms with Crippen LogP contribution in [0.2, 0.25) is 0 Å². The Balaban J connectivity index is 2.09. The first kappa shape index (κ1) is 16.8. The molecule has 1 heterocycles. The van der Waals surface area contributed by atoms with Crippen molar-refractivity contribution >= 4 is 28.7 Å². The van der Waals surface area contributed by atoms with Gasteiger partial charge in [0.25, 0.3) is 0 Å². The van der Waals surface area contributed by atoms with Crippen LogP contribution in [0, 0.1) is 6.92 Å². The van der Waals surface area contributed by atoms with Crippen molar-refractivity contribution in [3.8, 4) is 17.0 Å². The summed E-state index contributed by atoms with van der Waals surface area (Å²) >= 11 is 5.12. The van der Waals surface area contributed by atoms with Gasteiger partial charge in [-0.1, -0.05) is 36.4 Å². The SMILES string of the molecule is COc1cccc(N=Nc2c(C)nn(C(N)=S)c2-c2ccccc2)c1. The van der Waals surface area contributed by atoms with Crippen LogP contribution in [0.5, 0.6) is 5.75 Å². The quantitative estimate of drug-likeness (QED) is 0.559. The molecule has 0 fully saturated rings. The summed E-state index contributed by atoms with van der Waals surface area (Å²) in [6.07, 6.45) is 0. The average Bonchev–Trinajstić information content (AvgIpc) is 2.97. The number of nitrogens with zero attached hydrogens (tertiary/aromatic N) is 4. The van der Waals surface area contributed by atoms with Crippen LogP contribution in [-0.4, -0.2) is 22.0 Å². The summed E-state index contributed by atoms with van der Waals surface area (Å²) in [5.41, 5.74) is 9.46. The van der Waals surface area contributed by atoms with Gasteiger partial charge in [-0.3, -0.25) is 0 Å². The molecule has 6 nitrogen and oxygen atoms in total. The molecule has 0 aliphatic rings. The highest BCUT2D eigenvalue weighted by Crippen LogP contribution is 2.34. The highest BCUT2D eigenvalue weighted by molar-refractivity contribution is 7.80. The van der Waals surface area contributed by atoms with Crippen molar-refractivity contribution in [3.05, 3.63) is 60.3 Å². The van der Waals surface area contributed by atoms with E-state index in [1.54, 1.807) is 13.2 Å². The number of azo groups is 1. The molecule has 7 heteroatoms. The van der Waals surface area contributed by atoms with Gasteiger partial charge in [0.2, 0.25) is 0 Å².